The Morgan fingerprint density at radius 2 is 2.05 bits per heavy atom. The molecule has 0 unspecified atom stereocenters. The van der Waals surface area contributed by atoms with Crippen LogP contribution < -0.4 is 14.8 Å². The third kappa shape index (κ3) is 3.74. The first-order valence-electron chi connectivity index (χ1n) is 6.34. The van der Waals surface area contributed by atoms with Gasteiger partial charge in [-0.15, -0.1) is 0 Å². The average molecular weight is 263 g/mol. The van der Waals surface area contributed by atoms with Crippen LogP contribution in [0.2, 0.25) is 0 Å². The fourth-order valence-electron chi connectivity index (χ4n) is 1.77. The van der Waals surface area contributed by atoms with E-state index >= 15 is 0 Å². The number of amides is 1. The smallest absolute Gasteiger partial charge is 0.251 e. The Morgan fingerprint density at radius 3 is 2.58 bits per heavy atom. The van der Waals surface area contributed by atoms with Gasteiger partial charge in [0.05, 0.1) is 14.2 Å². The minimum absolute atomic E-state index is 0.103. The predicted octanol–water partition coefficient (Wildman–Crippen LogP) is 2.88. The molecule has 19 heavy (non-hydrogen) atoms. The van der Waals surface area contributed by atoms with Crippen LogP contribution in [0, 0.1) is 0 Å². The van der Waals surface area contributed by atoms with E-state index in [1.54, 1.807) is 26.4 Å². The summed E-state index contributed by atoms with van der Waals surface area (Å²) in [6.07, 6.45) is 4.68. The number of nitrogens with one attached hydrogen (secondary N) is 1. The van der Waals surface area contributed by atoms with Crippen molar-refractivity contribution in [2.75, 3.05) is 20.8 Å². The van der Waals surface area contributed by atoms with Gasteiger partial charge in [0.1, 0.15) is 0 Å². The van der Waals surface area contributed by atoms with Crippen LogP contribution in [-0.4, -0.2) is 26.7 Å². The van der Waals surface area contributed by atoms with E-state index < -0.39 is 0 Å². The molecule has 0 bridgehead atoms. The molecule has 0 aromatic heterocycles. The Balaban J connectivity index is 3.20. The standard InChI is InChI=1S/C15H21NO3/c1-5-7-11-9-12(15(17)16-8-6-2)10-13(18-3)14(11)19-4/h5,7,9-10H,6,8H2,1-4H3,(H,16,17)/b7-5+. The first kappa shape index (κ1) is 15.1. The normalized spacial score (nSPS) is 10.5. The van der Waals surface area contributed by atoms with Gasteiger partial charge in [0.25, 0.3) is 5.91 Å². The van der Waals surface area contributed by atoms with Crippen LogP contribution in [0.15, 0.2) is 18.2 Å². The van der Waals surface area contributed by atoms with E-state index in [4.69, 9.17) is 9.47 Å². The van der Waals surface area contributed by atoms with Crippen molar-refractivity contribution in [1.29, 1.82) is 0 Å². The lowest BCUT2D eigenvalue weighted by Crippen LogP contribution is -2.24. The number of allylic oxidation sites excluding steroid dienone is 1. The number of hydrogen-bond acceptors (Lipinski definition) is 3. The lowest BCUT2D eigenvalue weighted by molar-refractivity contribution is 0.0953. The van der Waals surface area contributed by atoms with E-state index in [-0.39, 0.29) is 5.91 Å². The lowest BCUT2D eigenvalue weighted by atomic mass is 10.1. The third-order valence-corrected chi connectivity index (χ3v) is 2.65. The first-order valence-corrected chi connectivity index (χ1v) is 6.34. The number of carbonyl (C=O) groups is 1. The van der Waals surface area contributed by atoms with Crippen molar-refractivity contribution in [2.45, 2.75) is 20.3 Å². The Hall–Kier alpha value is -1.97. The summed E-state index contributed by atoms with van der Waals surface area (Å²) in [5.74, 6) is 1.08. The van der Waals surface area contributed by atoms with Gasteiger partial charge in [0.15, 0.2) is 11.5 Å². The van der Waals surface area contributed by atoms with Crippen LogP contribution in [-0.2, 0) is 0 Å². The van der Waals surface area contributed by atoms with Crippen LogP contribution in [0.5, 0.6) is 11.5 Å². The number of hydrogen-bond donors (Lipinski definition) is 1. The molecule has 0 aliphatic heterocycles. The molecule has 0 aliphatic rings. The monoisotopic (exact) mass is 263 g/mol. The van der Waals surface area contributed by atoms with Crippen molar-refractivity contribution in [3.63, 3.8) is 0 Å². The number of carbonyl (C=O) groups excluding carboxylic acids is 1. The van der Waals surface area contributed by atoms with E-state index in [9.17, 15) is 4.79 Å². The molecule has 1 rings (SSSR count). The molecule has 0 atom stereocenters. The SMILES string of the molecule is C/C=C/c1cc(C(=O)NCCC)cc(OC)c1OC. The molecular formula is C15H21NO3. The summed E-state index contributed by atoms with van der Waals surface area (Å²) in [4.78, 5) is 12.0. The zero-order valence-electron chi connectivity index (χ0n) is 11.9. The molecule has 1 amide bonds. The van der Waals surface area contributed by atoms with E-state index in [1.807, 2.05) is 26.0 Å². The molecule has 0 saturated carbocycles. The van der Waals surface area contributed by atoms with Crippen LogP contribution in [0.3, 0.4) is 0 Å². The maximum atomic E-state index is 12.0. The number of rotatable bonds is 6. The molecule has 1 N–H and O–H groups in total. The third-order valence-electron chi connectivity index (χ3n) is 2.65. The maximum absolute atomic E-state index is 12.0. The highest BCUT2D eigenvalue weighted by Crippen LogP contribution is 2.33. The van der Waals surface area contributed by atoms with Crippen molar-refractivity contribution in [3.05, 3.63) is 29.3 Å². The van der Waals surface area contributed by atoms with Crippen molar-refractivity contribution in [2.24, 2.45) is 0 Å². The Bertz CT molecular complexity index is 467. The fraction of sp³-hybridized carbons (Fsp3) is 0.400. The molecule has 1 aromatic rings. The number of benzene rings is 1. The Morgan fingerprint density at radius 1 is 1.32 bits per heavy atom. The highest BCUT2D eigenvalue weighted by atomic mass is 16.5. The van der Waals surface area contributed by atoms with Crippen LogP contribution in [0.4, 0.5) is 0 Å². The first-order chi connectivity index (χ1) is 9.17. The molecule has 1 aromatic carbocycles. The number of ether oxygens (including phenoxy) is 2. The average Bonchev–Trinajstić information content (AvgIpc) is 2.44. The molecule has 4 heteroatoms. The van der Waals surface area contributed by atoms with Crippen molar-refractivity contribution in [1.82, 2.24) is 5.32 Å². The summed E-state index contributed by atoms with van der Waals surface area (Å²) in [5.41, 5.74) is 1.39. The second kappa shape index (κ2) is 7.46. The molecule has 0 spiro atoms. The Kier molecular flexibility index (Phi) is 5.93. The quantitative estimate of drug-likeness (QED) is 0.858. The van der Waals surface area contributed by atoms with Crippen molar-refractivity contribution in [3.8, 4) is 11.5 Å². The molecule has 4 nitrogen and oxygen atoms in total. The van der Waals surface area contributed by atoms with Gasteiger partial charge in [-0.2, -0.15) is 0 Å². The van der Waals surface area contributed by atoms with Gasteiger partial charge in [-0.1, -0.05) is 19.1 Å². The van der Waals surface area contributed by atoms with Gasteiger partial charge in [0, 0.05) is 17.7 Å². The van der Waals surface area contributed by atoms with Gasteiger partial charge in [-0.05, 0) is 25.5 Å². The maximum Gasteiger partial charge on any atom is 0.251 e. The van der Waals surface area contributed by atoms with Crippen LogP contribution in [0.1, 0.15) is 36.2 Å². The van der Waals surface area contributed by atoms with Gasteiger partial charge in [-0.25, -0.2) is 0 Å². The molecule has 104 valence electrons. The summed E-state index contributed by atoms with van der Waals surface area (Å²) in [7, 11) is 3.15. The number of methoxy groups -OCH3 is 2. The summed E-state index contributed by atoms with van der Waals surface area (Å²) >= 11 is 0. The topological polar surface area (TPSA) is 47.6 Å². The van der Waals surface area contributed by atoms with E-state index in [0.29, 0.717) is 23.6 Å². The van der Waals surface area contributed by atoms with Crippen molar-refractivity contribution >= 4 is 12.0 Å². The lowest BCUT2D eigenvalue weighted by Gasteiger charge is -2.13. The summed E-state index contributed by atoms with van der Waals surface area (Å²) in [6.45, 7) is 4.59. The largest absolute Gasteiger partial charge is 0.493 e. The summed E-state index contributed by atoms with van der Waals surface area (Å²) in [6, 6.07) is 3.49. The van der Waals surface area contributed by atoms with E-state index in [0.717, 1.165) is 12.0 Å². The van der Waals surface area contributed by atoms with Crippen molar-refractivity contribution < 1.29 is 14.3 Å². The van der Waals surface area contributed by atoms with Gasteiger partial charge < -0.3 is 14.8 Å². The molecule has 0 saturated heterocycles. The van der Waals surface area contributed by atoms with Gasteiger partial charge >= 0.3 is 0 Å². The minimum Gasteiger partial charge on any atom is -0.493 e. The molecule has 0 radical (unpaired) electrons. The molecular weight excluding hydrogens is 242 g/mol. The predicted molar refractivity (Wildman–Crippen MR) is 76.9 cm³/mol. The van der Waals surface area contributed by atoms with Gasteiger partial charge in [-0.3, -0.25) is 4.79 Å². The molecule has 0 fully saturated rings. The summed E-state index contributed by atoms with van der Waals surface area (Å²) in [5, 5.41) is 2.85. The van der Waals surface area contributed by atoms with E-state index in [2.05, 4.69) is 5.32 Å². The zero-order valence-corrected chi connectivity index (χ0v) is 11.9. The summed E-state index contributed by atoms with van der Waals surface area (Å²) < 4.78 is 10.6. The zero-order chi connectivity index (χ0) is 14.3. The van der Waals surface area contributed by atoms with Crippen LogP contribution >= 0.6 is 0 Å². The minimum atomic E-state index is -0.103. The Labute approximate surface area is 114 Å². The van der Waals surface area contributed by atoms with Gasteiger partial charge in [0.2, 0.25) is 0 Å². The second-order valence-electron chi connectivity index (χ2n) is 4.06. The van der Waals surface area contributed by atoms with Crippen LogP contribution in [0.25, 0.3) is 6.08 Å². The van der Waals surface area contributed by atoms with E-state index in [1.165, 1.54) is 0 Å². The molecule has 0 heterocycles. The second-order valence-corrected chi connectivity index (χ2v) is 4.06. The highest BCUT2D eigenvalue weighted by Gasteiger charge is 2.14. The highest BCUT2D eigenvalue weighted by molar-refractivity contribution is 5.95. The molecule has 0 aliphatic carbocycles. The fourth-order valence-corrected chi connectivity index (χ4v) is 1.77.